The van der Waals surface area contributed by atoms with E-state index in [2.05, 4.69) is 26.3 Å². The molecule has 0 aliphatic heterocycles. The summed E-state index contributed by atoms with van der Waals surface area (Å²) in [7, 11) is 0. The highest BCUT2D eigenvalue weighted by atomic mass is 35.5. The van der Waals surface area contributed by atoms with Gasteiger partial charge in [-0.25, -0.2) is 9.37 Å². The number of aliphatic hydroxyl groups is 1. The van der Waals surface area contributed by atoms with Crippen LogP contribution in [0, 0.1) is 5.82 Å². The molecule has 1 aliphatic rings. The van der Waals surface area contributed by atoms with Gasteiger partial charge in [0.1, 0.15) is 17.2 Å². The molecule has 5 rings (SSSR count). The molecule has 1 aromatic carbocycles. The SMILES string of the molecule is CCc1c(-c2cnc3[nH]cc([C@H](C)c4c(OC(F)F)ccc(F)c4Cl)c3c2)cnn1[C@H]1CC[C@H](O)CC1. The minimum atomic E-state index is -3.07. The molecule has 1 atom stereocenters. The second-order valence-corrected chi connectivity index (χ2v) is 9.88. The molecule has 1 saturated carbocycles. The summed E-state index contributed by atoms with van der Waals surface area (Å²) in [5.74, 6) is -1.44. The number of ether oxygens (including phenoxy) is 1. The lowest BCUT2D eigenvalue weighted by Crippen LogP contribution is -2.23. The maximum absolute atomic E-state index is 14.3. The van der Waals surface area contributed by atoms with Crippen LogP contribution >= 0.6 is 11.6 Å². The Bertz CT molecular complexity index is 1410. The lowest BCUT2D eigenvalue weighted by molar-refractivity contribution is -0.0505. The highest BCUT2D eigenvalue weighted by molar-refractivity contribution is 6.31. The third kappa shape index (κ3) is 4.82. The van der Waals surface area contributed by atoms with E-state index in [4.69, 9.17) is 16.7 Å². The van der Waals surface area contributed by atoms with Crippen LogP contribution in [0.1, 0.15) is 68.3 Å². The van der Waals surface area contributed by atoms with Gasteiger partial charge in [-0.3, -0.25) is 4.68 Å². The zero-order valence-corrected chi connectivity index (χ0v) is 21.3. The second kappa shape index (κ2) is 10.4. The van der Waals surface area contributed by atoms with E-state index in [9.17, 15) is 18.3 Å². The first kappa shape index (κ1) is 25.6. The standard InChI is InChI=1S/C27H28ClF3N4O2/c1-3-22-20(13-34-35(22)16-4-6-17(36)7-5-16)15-10-18-19(12-33-26(18)32-11-15)14(2)24-23(37-27(30)31)9-8-21(29)25(24)28/h8-14,16-17,27,36H,3-7H2,1-2H3,(H,32,33)/t14-,16-,17-/m0/s1. The summed E-state index contributed by atoms with van der Waals surface area (Å²) >= 11 is 6.24. The smallest absolute Gasteiger partial charge is 0.387 e. The molecular formula is C27H28ClF3N4O2. The maximum Gasteiger partial charge on any atom is 0.387 e. The van der Waals surface area contributed by atoms with Crippen LogP contribution in [-0.2, 0) is 6.42 Å². The third-order valence-corrected chi connectivity index (χ3v) is 7.71. The van der Waals surface area contributed by atoms with Gasteiger partial charge in [0, 0.05) is 46.1 Å². The van der Waals surface area contributed by atoms with Crippen LogP contribution in [0.4, 0.5) is 13.2 Å². The molecule has 0 amide bonds. The van der Waals surface area contributed by atoms with Crippen molar-refractivity contribution in [2.45, 2.75) is 70.6 Å². The number of fused-ring (bicyclic) bond motifs is 1. The number of hydrogen-bond acceptors (Lipinski definition) is 4. The predicted molar refractivity (Wildman–Crippen MR) is 136 cm³/mol. The van der Waals surface area contributed by atoms with Gasteiger partial charge in [-0.05, 0) is 55.9 Å². The van der Waals surface area contributed by atoms with Gasteiger partial charge < -0.3 is 14.8 Å². The number of rotatable bonds is 7. The fraction of sp³-hybridized carbons (Fsp3) is 0.407. The van der Waals surface area contributed by atoms with E-state index in [1.807, 2.05) is 12.3 Å². The van der Waals surface area contributed by atoms with Crippen LogP contribution in [-0.4, -0.2) is 37.6 Å². The van der Waals surface area contributed by atoms with Crippen molar-refractivity contribution in [1.29, 1.82) is 0 Å². The molecular weight excluding hydrogens is 505 g/mol. The van der Waals surface area contributed by atoms with E-state index in [-0.39, 0.29) is 28.5 Å². The molecule has 0 saturated heterocycles. The first-order valence-electron chi connectivity index (χ1n) is 12.4. The first-order valence-corrected chi connectivity index (χ1v) is 12.8. The Morgan fingerprint density at radius 2 is 1.97 bits per heavy atom. The van der Waals surface area contributed by atoms with Gasteiger partial charge in [0.05, 0.1) is 23.4 Å². The van der Waals surface area contributed by atoms with Crippen molar-refractivity contribution in [3.05, 3.63) is 64.5 Å². The normalized spacial score (nSPS) is 19.0. The van der Waals surface area contributed by atoms with Crippen LogP contribution in [0.2, 0.25) is 5.02 Å². The predicted octanol–water partition coefficient (Wildman–Crippen LogP) is 7.01. The van der Waals surface area contributed by atoms with Crippen molar-refractivity contribution in [3.8, 4) is 16.9 Å². The van der Waals surface area contributed by atoms with Crippen molar-refractivity contribution < 1.29 is 23.0 Å². The number of halogens is 4. The topological polar surface area (TPSA) is 76.0 Å². The number of benzene rings is 1. The van der Waals surface area contributed by atoms with E-state index in [0.29, 0.717) is 5.65 Å². The Kier molecular flexibility index (Phi) is 7.18. The van der Waals surface area contributed by atoms with Crippen LogP contribution in [0.15, 0.2) is 36.8 Å². The summed E-state index contributed by atoms with van der Waals surface area (Å²) in [5, 5.41) is 15.1. The fourth-order valence-corrected chi connectivity index (χ4v) is 5.75. The van der Waals surface area contributed by atoms with Crippen molar-refractivity contribution in [1.82, 2.24) is 19.7 Å². The van der Waals surface area contributed by atoms with E-state index in [1.54, 1.807) is 19.3 Å². The molecule has 3 heterocycles. The Balaban J connectivity index is 1.55. The summed E-state index contributed by atoms with van der Waals surface area (Å²) in [6.45, 7) is 0.780. The van der Waals surface area contributed by atoms with Gasteiger partial charge in [-0.15, -0.1) is 0 Å². The maximum atomic E-state index is 14.3. The van der Waals surface area contributed by atoms with Crippen molar-refractivity contribution in [2.24, 2.45) is 0 Å². The molecule has 0 bridgehead atoms. The van der Waals surface area contributed by atoms with Crippen LogP contribution in [0.5, 0.6) is 5.75 Å². The molecule has 4 aromatic rings. The summed E-state index contributed by atoms with van der Waals surface area (Å²) < 4.78 is 47.2. The highest BCUT2D eigenvalue weighted by Gasteiger charge is 2.26. The first-order chi connectivity index (χ1) is 17.8. The Labute approximate surface area is 217 Å². The molecule has 10 heteroatoms. The van der Waals surface area contributed by atoms with E-state index >= 15 is 0 Å². The molecule has 37 heavy (non-hydrogen) atoms. The van der Waals surface area contributed by atoms with Crippen LogP contribution < -0.4 is 4.74 Å². The number of aromatic nitrogens is 4. The van der Waals surface area contributed by atoms with Crippen molar-refractivity contribution in [3.63, 3.8) is 0 Å². The number of pyridine rings is 1. The lowest BCUT2D eigenvalue weighted by atomic mass is 9.91. The van der Waals surface area contributed by atoms with Crippen LogP contribution in [0.25, 0.3) is 22.2 Å². The molecule has 3 aromatic heterocycles. The molecule has 1 aliphatic carbocycles. The van der Waals surface area contributed by atoms with E-state index in [0.717, 1.165) is 65.9 Å². The summed E-state index contributed by atoms with van der Waals surface area (Å²) in [6.07, 6.45) is 9.18. The summed E-state index contributed by atoms with van der Waals surface area (Å²) in [6, 6.07) is 4.41. The molecule has 6 nitrogen and oxygen atoms in total. The Morgan fingerprint density at radius 3 is 2.68 bits per heavy atom. The molecule has 2 N–H and O–H groups in total. The molecule has 1 fully saturated rings. The Morgan fingerprint density at radius 1 is 1.22 bits per heavy atom. The fourth-order valence-electron chi connectivity index (χ4n) is 5.43. The number of alkyl halides is 2. The van der Waals surface area contributed by atoms with Gasteiger partial charge in [0.2, 0.25) is 0 Å². The summed E-state index contributed by atoms with van der Waals surface area (Å²) in [5.41, 5.74) is 4.41. The third-order valence-electron chi connectivity index (χ3n) is 7.33. The average Bonchev–Trinajstić information content (AvgIpc) is 3.50. The number of hydrogen-bond donors (Lipinski definition) is 2. The van der Waals surface area contributed by atoms with Gasteiger partial charge in [0.25, 0.3) is 0 Å². The number of nitrogens with zero attached hydrogens (tertiary/aromatic N) is 3. The van der Waals surface area contributed by atoms with Crippen LogP contribution in [0.3, 0.4) is 0 Å². The number of H-pyrrole nitrogens is 1. The van der Waals surface area contributed by atoms with E-state index < -0.39 is 18.3 Å². The largest absolute Gasteiger partial charge is 0.434 e. The van der Waals surface area contributed by atoms with Gasteiger partial charge >= 0.3 is 6.61 Å². The average molecular weight is 533 g/mol. The monoisotopic (exact) mass is 532 g/mol. The second-order valence-electron chi connectivity index (χ2n) is 9.50. The highest BCUT2D eigenvalue weighted by Crippen LogP contribution is 2.42. The number of aliphatic hydroxyl groups excluding tert-OH is 1. The molecule has 0 spiro atoms. The molecule has 0 radical (unpaired) electrons. The minimum Gasteiger partial charge on any atom is -0.434 e. The number of aromatic amines is 1. The van der Waals surface area contributed by atoms with Gasteiger partial charge in [-0.1, -0.05) is 25.4 Å². The molecule has 196 valence electrons. The zero-order valence-electron chi connectivity index (χ0n) is 20.5. The van der Waals surface area contributed by atoms with Gasteiger partial charge in [-0.2, -0.15) is 13.9 Å². The number of nitrogens with one attached hydrogen (secondary N) is 1. The quantitative estimate of drug-likeness (QED) is 0.268. The summed E-state index contributed by atoms with van der Waals surface area (Å²) in [4.78, 5) is 7.71. The zero-order chi connectivity index (χ0) is 26.3. The van der Waals surface area contributed by atoms with Crippen molar-refractivity contribution in [2.75, 3.05) is 0 Å². The van der Waals surface area contributed by atoms with Crippen molar-refractivity contribution >= 4 is 22.6 Å². The van der Waals surface area contributed by atoms with E-state index in [1.165, 1.54) is 6.07 Å². The lowest BCUT2D eigenvalue weighted by Gasteiger charge is -2.27. The Hall–Kier alpha value is -3.04. The molecule has 0 unspecified atom stereocenters. The minimum absolute atomic E-state index is 0.148. The van der Waals surface area contributed by atoms with Gasteiger partial charge in [0.15, 0.2) is 0 Å².